The Labute approximate surface area is 167 Å². The van der Waals surface area contributed by atoms with Crippen LogP contribution < -0.4 is 9.47 Å². The highest BCUT2D eigenvalue weighted by Gasteiger charge is 2.29. The van der Waals surface area contributed by atoms with Crippen LogP contribution >= 0.6 is 11.3 Å². The third kappa shape index (κ3) is 3.82. The van der Waals surface area contributed by atoms with Gasteiger partial charge in [-0.1, -0.05) is 19.3 Å². The van der Waals surface area contributed by atoms with Crippen molar-refractivity contribution in [3.63, 3.8) is 0 Å². The molecule has 0 radical (unpaired) electrons. The molecule has 0 unspecified atom stereocenters. The van der Waals surface area contributed by atoms with Crippen molar-refractivity contribution in [3.05, 3.63) is 39.8 Å². The second-order valence-electron chi connectivity index (χ2n) is 6.91. The fraction of sp³-hybridized carbons (Fsp3) is 0.450. The molecule has 1 aromatic heterocycles. The van der Waals surface area contributed by atoms with Crippen molar-refractivity contribution in [2.24, 2.45) is 0 Å². The zero-order chi connectivity index (χ0) is 19.5. The molecular formula is C20H22N2O5S. The lowest BCUT2D eigenvalue weighted by atomic mass is 9.93. The number of esters is 1. The molecule has 0 bridgehead atoms. The maximum Gasteiger partial charge on any atom is 0.357 e. The normalized spacial score (nSPS) is 16.0. The molecule has 1 fully saturated rings. The van der Waals surface area contributed by atoms with E-state index < -0.39 is 5.97 Å². The summed E-state index contributed by atoms with van der Waals surface area (Å²) in [5.41, 5.74) is 0.848. The van der Waals surface area contributed by atoms with Crippen LogP contribution in [0.25, 0.3) is 0 Å². The molecule has 8 heteroatoms. The predicted molar refractivity (Wildman–Crippen MR) is 103 cm³/mol. The molecule has 7 nitrogen and oxygen atoms in total. The van der Waals surface area contributed by atoms with E-state index in [1.165, 1.54) is 24.9 Å². The lowest BCUT2D eigenvalue weighted by Gasteiger charge is -2.34. The largest absolute Gasteiger partial charge is 0.464 e. The van der Waals surface area contributed by atoms with Gasteiger partial charge in [-0.05, 0) is 31.0 Å². The van der Waals surface area contributed by atoms with Gasteiger partial charge in [0.25, 0.3) is 5.91 Å². The zero-order valence-corrected chi connectivity index (χ0v) is 16.5. The Morgan fingerprint density at radius 1 is 1.21 bits per heavy atom. The van der Waals surface area contributed by atoms with Gasteiger partial charge in [-0.2, -0.15) is 0 Å². The number of nitrogens with zero attached hydrogens (tertiary/aromatic N) is 2. The number of carbonyl (C=O) groups is 2. The first-order valence-electron chi connectivity index (χ1n) is 9.39. The second-order valence-corrected chi connectivity index (χ2v) is 7.85. The fourth-order valence-corrected chi connectivity index (χ4v) is 4.44. The third-order valence-electron chi connectivity index (χ3n) is 5.15. The van der Waals surface area contributed by atoms with E-state index >= 15 is 0 Å². The molecule has 2 aromatic rings. The standard InChI is InChI=1S/C20H22N2O5S/c1-25-20(24)15-11-28-18(21-15)10-22(14-5-3-2-4-6-14)19(23)13-7-8-16-17(9-13)27-12-26-16/h7-9,11,14H,2-6,10,12H2,1H3. The topological polar surface area (TPSA) is 78.0 Å². The lowest BCUT2D eigenvalue weighted by molar-refractivity contribution is 0.0594. The molecule has 1 aliphatic heterocycles. The fourth-order valence-electron chi connectivity index (χ4n) is 3.68. The zero-order valence-electron chi connectivity index (χ0n) is 15.7. The molecule has 28 heavy (non-hydrogen) atoms. The Morgan fingerprint density at radius 2 is 2.00 bits per heavy atom. The predicted octanol–water partition coefficient (Wildman–Crippen LogP) is 3.63. The van der Waals surface area contributed by atoms with Crippen molar-refractivity contribution in [2.45, 2.75) is 44.7 Å². The van der Waals surface area contributed by atoms with E-state index in [0.717, 1.165) is 30.7 Å². The average molecular weight is 402 g/mol. The maximum atomic E-state index is 13.4. The number of amides is 1. The van der Waals surface area contributed by atoms with Gasteiger partial charge in [0.1, 0.15) is 5.01 Å². The summed E-state index contributed by atoms with van der Waals surface area (Å²) in [4.78, 5) is 31.3. The van der Waals surface area contributed by atoms with Gasteiger partial charge in [-0.15, -0.1) is 11.3 Å². The summed E-state index contributed by atoms with van der Waals surface area (Å²) < 4.78 is 15.5. The minimum Gasteiger partial charge on any atom is -0.464 e. The van der Waals surface area contributed by atoms with Crippen LogP contribution in [0.3, 0.4) is 0 Å². The third-order valence-corrected chi connectivity index (χ3v) is 5.98. The smallest absolute Gasteiger partial charge is 0.357 e. The van der Waals surface area contributed by atoms with Crippen LogP contribution in [0.15, 0.2) is 23.6 Å². The number of benzene rings is 1. The van der Waals surface area contributed by atoms with Crippen molar-refractivity contribution < 1.29 is 23.8 Å². The highest BCUT2D eigenvalue weighted by atomic mass is 32.1. The number of thiazole rings is 1. The van der Waals surface area contributed by atoms with Crippen LogP contribution in [-0.4, -0.2) is 41.7 Å². The van der Waals surface area contributed by atoms with E-state index in [-0.39, 0.29) is 24.4 Å². The van der Waals surface area contributed by atoms with E-state index in [9.17, 15) is 9.59 Å². The molecule has 0 N–H and O–H groups in total. The Hall–Kier alpha value is -2.61. The van der Waals surface area contributed by atoms with Gasteiger partial charge < -0.3 is 19.1 Å². The van der Waals surface area contributed by atoms with E-state index in [0.29, 0.717) is 23.6 Å². The molecular weight excluding hydrogens is 380 g/mol. The SMILES string of the molecule is COC(=O)c1csc(CN(C(=O)c2ccc3c(c2)OCO3)C2CCCCC2)n1. The number of hydrogen-bond donors (Lipinski definition) is 0. The van der Waals surface area contributed by atoms with Crippen molar-refractivity contribution in [2.75, 3.05) is 13.9 Å². The monoisotopic (exact) mass is 402 g/mol. The Morgan fingerprint density at radius 3 is 2.79 bits per heavy atom. The first-order valence-corrected chi connectivity index (χ1v) is 10.3. The summed E-state index contributed by atoms with van der Waals surface area (Å²) in [6, 6.07) is 5.44. The molecule has 4 rings (SSSR count). The summed E-state index contributed by atoms with van der Waals surface area (Å²) >= 11 is 1.37. The summed E-state index contributed by atoms with van der Waals surface area (Å²) in [5.74, 6) is 0.730. The number of methoxy groups -OCH3 is 1. The van der Waals surface area contributed by atoms with Crippen LogP contribution in [0.5, 0.6) is 11.5 Å². The highest BCUT2D eigenvalue weighted by molar-refractivity contribution is 7.09. The summed E-state index contributed by atoms with van der Waals surface area (Å²) in [7, 11) is 1.33. The quantitative estimate of drug-likeness (QED) is 0.711. The molecule has 1 amide bonds. The van der Waals surface area contributed by atoms with Crippen molar-refractivity contribution in [1.82, 2.24) is 9.88 Å². The van der Waals surface area contributed by atoms with Crippen molar-refractivity contribution in [1.29, 1.82) is 0 Å². The van der Waals surface area contributed by atoms with Crippen LogP contribution in [0.4, 0.5) is 0 Å². The van der Waals surface area contributed by atoms with Crippen molar-refractivity contribution >= 4 is 23.2 Å². The number of fused-ring (bicyclic) bond motifs is 1. The summed E-state index contributed by atoms with van der Waals surface area (Å²) in [6.45, 7) is 0.550. The van der Waals surface area contributed by atoms with Gasteiger partial charge in [-0.3, -0.25) is 4.79 Å². The van der Waals surface area contributed by atoms with Gasteiger partial charge in [0, 0.05) is 17.0 Å². The first-order chi connectivity index (χ1) is 13.7. The minimum absolute atomic E-state index is 0.0555. The van der Waals surface area contributed by atoms with E-state index in [4.69, 9.17) is 14.2 Å². The van der Waals surface area contributed by atoms with Crippen LogP contribution in [0.1, 0.15) is 58.0 Å². The first kappa shape index (κ1) is 18.7. The number of hydrogen-bond acceptors (Lipinski definition) is 7. The lowest BCUT2D eigenvalue weighted by Crippen LogP contribution is -2.41. The van der Waals surface area contributed by atoms with Gasteiger partial charge in [-0.25, -0.2) is 9.78 Å². The summed E-state index contributed by atoms with van der Waals surface area (Å²) in [5, 5.41) is 2.39. The highest BCUT2D eigenvalue weighted by Crippen LogP contribution is 2.34. The van der Waals surface area contributed by atoms with Gasteiger partial charge >= 0.3 is 5.97 Å². The number of carbonyl (C=O) groups excluding carboxylic acids is 2. The van der Waals surface area contributed by atoms with Crippen LogP contribution in [-0.2, 0) is 11.3 Å². The van der Waals surface area contributed by atoms with Crippen molar-refractivity contribution in [3.8, 4) is 11.5 Å². The Bertz CT molecular complexity index is 875. The second kappa shape index (κ2) is 8.18. The Balaban J connectivity index is 1.58. The number of aromatic nitrogens is 1. The summed E-state index contributed by atoms with van der Waals surface area (Å²) in [6.07, 6.45) is 5.38. The molecule has 2 aliphatic rings. The molecule has 148 valence electrons. The average Bonchev–Trinajstić information content (AvgIpc) is 3.40. The van der Waals surface area contributed by atoms with E-state index in [1.807, 2.05) is 4.90 Å². The molecule has 1 aliphatic carbocycles. The maximum absolute atomic E-state index is 13.4. The number of rotatable bonds is 5. The number of ether oxygens (including phenoxy) is 3. The van der Waals surface area contributed by atoms with E-state index in [2.05, 4.69) is 4.98 Å². The molecule has 0 spiro atoms. The molecule has 1 aromatic carbocycles. The Kier molecular flexibility index (Phi) is 5.47. The van der Waals surface area contributed by atoms with Gasteiger partial charge in [0.05, 0.1) is 13.7 Å². The van der Waals surface area contributed by atoms with Crippen LogP contribution in [0.2, 0.25) is 0 Å². The van der Waals surface area contributed by atoms with Gasteiger partial charge in [0.2, 0.25) is 6.79 Å². The molecule has 0 saturated heterocycles. The van der Waals surface area contributed by atoms with Gasteiger partial charge in [0.15, 0.2) is 17.2 Å². The minimum atomic E-state index is -0.464. The molecule has 1 saturated carbocycles. The van der Waals surface area contributed by atoms with E-state index in [1.54, 1.807) is 23.6 Å². The molecule has 0 atom stereocenters. The van der Waals surface area contributed by atoms with Crippen LogP contribution in [0, 0.1) is 0 Å². The molecule has 2 heterocycles.